The van der Waals surface area contributed by atoms with Gasteiger partial charge in [-0.15, -0.1) is 0 Å². The first-order valence-electron chi connectivity index (χ1n) is 9.73. The molecule has 0 saturated heterocycles. The van der Waals surface area contributed by atoms with Gasteiger partial charge in [-0.1, -0.05) is 23.2 Å². The minimum Gasteiger partial charge on any atom is -0.507 e. The summed E-state index contributed by atoms with van der Waals surface area (Å²) in [5.41, 5.74) is 0.335. The second-order valence-corrected chi connectivity index (χ2v) is 7.50. The molecule has 3 aromatic carbocycles. The van der Waals surface area contributed by atoms with Gasteiger partial charge in [-0.25, -0.2) is 9.18 Å². The zero-order chi connectivity index (χ0) is 24.8. The molecule has 8 nitrogen and oxygen atoms in total. The number of hydrogen-bond donors (Lipinski definition) is 3. The molecule has 3 rings (SSSR count). The topological polar surface area (TPSA) is 114 Å². The predicted molar refractivity (Wildman–Crippen MR) is 124 cm³/mol. The number of carbonyl (C=O) groups is 3. The van der Waals surface area contributed by atoms with Gasteiger partial charge in [0.15, 0.2) is 5.75 Å². The highest BCUT2D eigenvalue weighted by atomic mass is 35.5. The molecule has 0 atom stereocenters. The van der Waals surface area contributed by atoms with E-state index in [1.54, 1.807) is 6.92 Å². The first-order chi connectivity index (χ1) is 16.2. The highest BCUT2D eigenvalue weighted by Gasteiger charge is 2.19. The van der Waals surface area contributed by atoms with Crippen LogP contribution >= 0.6 is 23.2 Å². The monoisotopic (exact) mass is 506 g/mol. The van der Waals surface area contributed by atoms with E-state index in [2.05, 4.69) is 15.4 Å². The number of benzene rings is 3. The molecule has 176 valence electrons. The fourth-order valence-electron chi connectivity index (χ4n) is 2.72. The van der Waals surface area contributed by atoms with Crippen molar-refractivity contribution in [1.82, 2.24) is 0 Å². The Morgan fingerprint density at radius 1 is 0.941 bits per heavy atom. The lowest BCUT2D eigenvalue weighted by molar-refractivity contribution is -0.152. The largest absolute Gasteiger partial charge is 0.507 e. The van der Waals surface area contributed by atoms with Gasteiger partial charge in [0.05, 0.1) is 22.2 Å². The van der Waals surface area contributed by atoms with Crippen molar-refractivity contribution in [3.63, 3.8) is 0 Å². The van der Waals surface area contributed by atoms with E-state index in [4.69, 9.17) is 27.9 Å². The van der Waals surface area contributed by atoms with Gasteiger partial charge in [0.25, 0.3) is 5.91 Å². The van der Waals surface area contributed by atoms with Gasteiger partial charge in [-0.3, -0.25) is 9.59 Å². The average Bonchev–Trinajstić information content (AvgIpc) is 2.79. The minimum atomic E-state index is -1.06. The molecule has 0 heterocycles. The Kier molecular flexibility index (Phi) is 7.93. The van der Waals surface area contributed by atoms with Crippen LogP contribution < -0.4 is 15.4 Å². The number of aromatic hydroxyl groups is 1. The van der Waals surface area contributed by atoms with E-state index in [1.165, 1.54) is 54.6 Å². The molecule has 0 bridgehead atoms. The van der Waals surface area contributed by atoms with Crippen LogP contribution in [0.5, 0.6) is 17.2 Å². The summed E-state index contributed by atoms with van der Waals surface area (Å²) in [4.78, 5) is 35.8. The van der Waals surface area contributed by atoms with Crippen molar-refractivity contribution in [2.45, 2.75) is 6.92 Å². The van der Waals surface area contributed by atoms with E-state index in [-0.39, 0.29) is 45.2 Å². The highest BCUT2D eigenvalue weighted by molar-refractivity contribution is 6.39. The molecular formula is C23H17Cl2FN2O6. The predicted octanol–water partition coefficient (Wildman–Crippen LogP) is 5.38. The summed E-state index contributed by atoms with van der Waals surface area (Å²) in [6.45, 7) is 1.60. The molecule has 3 aromatic rings. The number of carbonyl (C=O) groups excluding carboxylic acids is 3. The molecule has 3 N–H and O–H groups in total. The van der Waals surface area contributed by atoms with Crippen LogP contribution in [0.25, 0.3) is 0 Å². The SMILES string of the molecule is CCOC(=O)C(=O)Nc1cc(Cl)c(Oc2ccc(O)c(C(=O)Nc3ccc(F)cc3)c2)c(Cl)c1. The smallest absolute Gasteiger partial charge is 0.397 e. The maximum Gasteiger partial charge on any atom is 0.397 e. The second-order valence-electron chi connectivity index (χ2n) is 6.69. The van der Waals surface area contributed by atoms with Crippen LogP contribution in [0.3, 0.4) is 0 Å². The third kappa shape index (κ3) is 6.15. The Bertz CT molecular complexity index is 1230. The Hall–Kier alpha value is -3.82. The second kappa shape index (κ2) is 10.9. The number of rotatable bonds is 6. The van der Waals surface area contributed by atoms with Crippen molar-refractivity contribution in [2.75, 3.05) is 17.2 Å². The molecule has 11 heteroatoms. The lowest BCUT2D eigenvalue weighted by Gasteiger charge is -2.13. The van der Waals surface area contributed by atoms with Gasteiger partial charge >= 0.3 is 11.9 Å². The molecule has 0 fully saturated rings. The lowest BCUT2D eigenvalue weighted by atomic mass is 10.1. The zero-order valence-electron chi connectivity index (χ0n) is 17.5. The van der Waals surface area contributed by atoms with Crippen LogP contribution in [0.4, 0.5) is 15.8 Å². The minimum absolute atomic E-state index is 0.00273. The van der Waals surface area contributed by atoms with Crippen molar-refractivity contribution in [2.24, 2.45) is 0 Å². The number of anilines is 2. The van der Waals surface area contributed by atoms with Gasteiger partial charge in [0.2, 0.25) is 0 Å². The Morgan fingerprint density at radius 3 is 2.21 bits per heavy atom. The number of phenolic OH excluding ortho intramolecular Hbond substituents is 1. The van der Waals surface area contributed by atoms with Gasteiger partial charge < -0.3 is 25.2 Å². The van der Waals surface area contributed by atoms with E-state index < -0.39 is 23.6 Å². The summed E-state index contributed by atoms with van der Waals surface area (Å²) >= 11 is 12.5. The molecule has 2 amide bonds. The Labute approximate surface area is 203 Å². The summed E-state index contributed by atoms with van der Waals surface area (Å²) in [7, 11) is 0. The normalized spacial score (nSPS) is 10.4. The molecule has 0 aromatic heterocycles. The zero-order valence-corrected chi connectivity index (χ0v) is 19.0. The van der Waals surface area contributed by atoms with Gasteiger partial charge in [0.1, 0.15) is 17.3 Å². The molecular weight excluding hydrogens is 490 g/mol. The third-order valence-electron chi connectivity index (χ3n) is 4.25. The highest BCUT2D eigenvalue weighted by Crippen LogP contribution is 2.39. The summed E-state index contributed by atoms with van der Waals surface area (Å²) < 4.78 is 23.4. The molecule has 0 aliphatic rings. The fourth-order valence-corrected chi connectivity index (χ4v) is 3.28. The van der Waals surface area contributed by atoms with E-state index in [0.29, 0.717) is 5.69 Å². The summed E-state index contributed by atoms with van der Waals surface area (Å²) in [5, 5.41) is 14.9. The first kappa shape index (κ1) is 24.8. The Morgan fingerprint density at radius 2 is 1.59 bits per heavy atom. The van der Waals surface area contributed by atoms with E-state index >= 15 is 0 Å². The van der Waals surface area contributed by atoms with Crippen molar-refractivity contribution in [1.29, 1.82) is 0 Å². The lowest BCUT2D eigenvalue weighted by Crippen LogP contribution is -2.24. The van der Waals surface area contributed by atoms with Crippen LogP contribution in [0.2, 0.25) is 10.0 Å². The molecule has 0 aliphatic carbocycles. The number of hydrogen-bond acceptors (Lipinski definition) is 6. The van der Waals surface area contributed by atoms with Crippen LogP contribution in [-0.2, 0) is 14.3 Å². The van der Waals surface area contributed by atoms with Crippen molar-refractivity contribution in [3.05, 3.63) is 76.0 Å². The van der Waals surface area contributed by atoms with Gasteiger partial charge in [0, 0.05) is 11.4 Å². The molecule has 0 radical (unpaired) electrons. The quantitative estimate of drug-likeness (QED) is 0.305. The number of esters is 1. The molecule has 34 heavy (non-hydrogen) atoms. The average molecular weight is 507 g/mol. The van der Waals surface area contributed by atoms with Crippen LogP contribution in [0.1, 0.15) is 17.3 Å². The van der Waals surface area contributed by atoms with Gasteiger partial charge in [-0.05, 0) is 61.5 Å². The number of nitrogens with one attached hydrogen (secondary N) is 2. The Balaban J connectivity index is 1.78. The number of amides is 2. The van der Waals surface area contributed by atoms with Crippen molar-refractivity contribution < 1.29 is 33.4 Å². The number of halogens is 3. The summed E-state index contributed by atoms with van der Waals surface area (Å²) in [5.74, 6) is -3.38. The summed E-state index contributed by atoms with van der Waals surface area (Å²) in [6, 6.07) is 11.6. The standard InChI is InChI=1S/C23H17Cl2FN2O6/c1-2-33-23(32)22(31)28-14-9-17(24)20(18(25)10-14)34-15-7-8-19(29)16(11-15)21(30)27-13-5-3-12(26)4-6-13/h3-11,29H,2H2,1H3,(H,27,30)(H,28,31). The maximum atomic E-state index is 13.1. The number of ether oxygens (including phenoxy) is 2. The number of phenols is 1. The van der Waals surface area contributed by atoms with Crippen molar-refractivity contribution >= 4 is 52.4 Å². The third-order valence-corrected chi connectivity index (χ3v) is 4.81. The van der Waals surface area contributed by atoms with E-state index in [0.717, 1.165) is 0 Å². The fraction of sp³-hybridized carbons (Fsp3) is 0.0870. The van der Waals surface area contributed by atoms with Crippen LogP contribution in [0, 0.1) is 5.82 Å². The van der Waals surface area contributed by atoms with E-state index in [1.807, 2.05) is 0 Å². The molecule has 0 unspecified atom stereocenters. The molecule has 0 spiro atoms. The van der Waals surface area contributed by atoms with Crippen LogP contribution in [0.15, 0.2) is 54.6 Å². The molecule has 0 saturated carbocycles. The van der Waals surface area contributed by atoms with Crippen molar-refractivity contribution in [3.8, 4) is 17.2 Å². The van der Waals surface area contributed by atoms with Gasteiger partial charge in [-0.2, -0.15) is 0 Å². The van der Waals surface area contributed by atoms with E-state index in [9.17, 15) is 23.9 Å². The summed E-state index contributed by atoms with van der Waals surface area (Å²) in [6.07, 6.45) is 0. The van der Waals surface area contributed by atoms with Crippen LogP contribution in [-0.4, -0.2) is 29.5 Å². The maximum absolute atomic E-state index is 13.1. The molecule has 0 aliphatic heterocycles. The first-order valence-corrected chi connectivity index (χ1v) is 10.5.